The van der Waals surface area contributed by atoms with E-state index in [-0.39, 0.29) is 17.9 Å². The summed E-state index contributed by atoms with van der Waals surface area (Å²) in [4.78, 5) is 13.6. The van der Waals surface area contributed by atoms with E-state index >= 15 is 0 Å². The molecule has 4 rings (SSSR count). The van der Waals surface area contributed by atoms with Crippen LogP contribution in [-0.4, -0.2) is 32.3 Å². The van der Waals surface area contributed by atoms with Crippen molar-refractivity contribution in [2.45, 2.75) is 23.7 Å². The third-order valence-corrected chi connectivity index (χ3v) is 7.92. The van der Waals surface area contributed by atoms with Crippen LogP contribution in [0.3, 0.4) is 0 Å². The average Bonchev–Trinajstić information content (AvgIpc) is 3.15. The molecule has 1 amide bonds. The Morgan fingerprint density at radius 3 is 2.29 bits per heavy atom. The highest BCUT2D eigenvalue weighted by Gasteiger charge is 2.39. The number of benzene rings is 3. The van der Waals surface area contributed by atoms with Crippen LogP contribution in [-0.2, 0) is 20.2 Å². The second-order valence-electron chi connectivity index (χ2n) is 8.46. The molecule has 5 nitrogen and oxygen atoms in total. The van der Waals surface area contributed by atoms with E-state index in [0.717, 1.165) is 26.6 Å². The summed E-state index contributed by atoms with van der Waals surface area (Å²) in [6.07, 6.45) is 3.51. The van der Waals surface area contributed by atoms with Crippen LogP contribution in [0.2, 0.25) is 0 Å². The van der Waals surface area contributed by atoms with E-state index in [4.69, 9.17) is 4.74 Å². The Balaban J connectivity index is 1.70. The van der Waals surface area contributed by atoms with E-state index in [0.29, 0.717) is 5.75 Å². The molecule has 0 spiro atoms. The normalized spacial score (nSPS) is 16.9. The number of hydrogen-bond acceptors (Lipinski definition) is 4. The molecule has 1 atom stereocenters. The van der Waals surface area contributed by atoms with Gasteiger partial charge >= 0.3 is 0 Å². The summed E-state index contributed by atoms with van der Waals surface area (Å²) >= 11 is 0. The second-order valence-corrected chi connectivity index (χ2v) is 10.3. The summed E-state index contributed by atoms with van der Waals surface area (Å²) in [5.41, 5.74) is 3.49. The van der Waals surface area contributed by atoms with Crippen LogP contribution >= 0.6 is 0 Å². The molecule has 0 aliphatic heterocycles. The molecule has 1 unspecified atom stereocenters. The zero-order valence-electron chi connectivity index (χ0n) is 19.3. The van der Waals surface area contributed by atoms with E-state index in [2.05, 4.69) is 12.7 Å². The lowest BCUT2D eigenvalue weighted by Gasteiger charge is -2.28. The number of ether oxygens (including phenoxy) is 1. The van der Waals surface area contributed by atoms with Crippen molar-refractivity contribution in [2.75, 3.05) is 13.7 Å². The Bertz CT molecular complexity index is 1340. The molecule has 1 aliphatic carbocycles. The van der Waals surface area contributed by atoms with Gasteiger partial charge in [0.2, 0.25) is 5.91 Å². The van der Waals surface area contributed by atoms with Crippen LogP contribution in [0.1, 0.15) is 30.0 Å². The molecule has 0 N–H and O–H groups in total. The number of hydrogen-bond donors (Lipinski definition) is 0. The van der Waals surface area contributed by atoms with Crippen molar-refractivity contribution in [3.63, 3.8) is 0 Å². The predicted octanol–water partition coefficient (Wildman–Crippen LogP) is 5.19. The van der Waals surface area contributed by atoms with Crippen LogP contribution in [0, 0.1) is 0 Å². The SMILES string of the molecule is C=CCN(C(=O)CC1(C)C=C(c2ccccc2)c2ccccc21)S(=O)(=O)c1ccc(OC)cc1. The zero-order valence-corrected chi connectivity index (χ0v) is 20.1. The van der Waals surface area contributed by atoms with Crippen LogP contribution in [0.5, 0.6) is 5.75 Å². The maximum absolute atomic E-state index is 13.5. The Morgan fingerprint density at radius 2 is 1.65 bits per heavy atom. The average molecular weight is 474 g/mol. The molecule has 6 heteroatoms. The Labute approximate surface area is 201 Å². The molecule has 34 heavy (non-hydrogen) atoms. The van der Waals surface area contributed by atoms with Gasteiger partial charge in [0.15, 0.2) is 0 Å². The first kappa shape index (κ1) is 23.5. The summed E-state index contributed by atoms with van der Waals surface area (Å²) in [5, 5.41) is 0. The van der Waals surface area contributed by atoms with Gasteiger partial charge in [-0.15, -0.1) is 6.58 Å². The van der Waals surface area contributed by atoms with Crippen molar-refractivity contribution in [2.24, 2.45) is 0 Å². The molecule has 0 saturated heterocycles. The Morgan fingerprint density at radius 1 is 1.00 bits per heavy atom. The van der Waals surface area contributed by atoms with Crippen molar-refractivity contribution in [1.29, 1.82) is 0 Å². The second kappa shape index (κ2) is 9.31. The number of carbonyl (C=O) groups is 1. The molecule has 0 bridgehead atoms. The molecule has 174 valence electrons. The van der Waals surface area contributed by atoms with Gasteiger partial charge in [0.25, 0.3) is 10.0 Å². The first-order valence-electron chi connectivity index (χ1n) is 11.0. The molecule has 0 radical (unpaired) electrons. The summed E-state index contributed by atoms with van der Waals surface area (Å²) < 4.78 is 32.8. The van der Waals surface area contributed by atoms with Gasteiger partial charge < -0.3 is 4.74 Å². The number of carbonyl (C=O) groups excluding carboxylic acids is 1. The number of sulfonamides is 1. The highest BCUT2D eigenvalue weighted by atomic mass is 32.2. The van der Waals surface area contributed by atoms with Crippen LogP contribution in [0.4, 0.5) is 0 Å². The van der Waals surface area contributed by atoms with Gasteiger partial charge in [0.1, 0.15) is 5.75 Å². The smallest absolute Gasteiger partial charge is 0.266 e. The third-order valence-electron chi connectivity index (χ3n) is 6.12. The summed E-state index contributed by atoms with van der Waals surface area (Å²) in [6.45, 7) is 5.53. The van der Waals surface area contributed by atoms with E-state index in [1.165, 1.54) is 25.3 Å². The highest BCUT2D eigenvalue weighted by Crippen LogP contribution is 2.45. The van der Waals surface area contributed by atoms with Crippen molar-refractivity contribution < 1.29 is 17.9 Å². The quantitative estimate of drug-likeness (QED) is 0.422. The molecule has 3 aromatic rings. The fourth-order valence-corrected chi connectivity index (χ4v) is 5.79. The van der Waals surface area contributed by atoms with Gasteiger partial charge in [0, 0.05) is 11.8 Å². The largest absolute Gasteiger partial charge is 0.497 e. The molecule has 0 fully saturated rings. The van der Waals surface area contributed by atoms with E-state index in [1.807, 2.05) is 61.5 Å². The van der Waals surface area contributed by atoms with Crippen molar-refractivity contribution in [3.05, 3.63) is 114 Å². The minimum atomic E-state index is -4.06. The van der Waals surface area contributed by atoms with Crippen LogP contribution < -0.4 is 4.74 Å². The third kappa shape index (κ3) is 4.29. The van der Waals surface area contributed by atoms with Gasteiger partial charge in [-0.2, -0.15) is 0 Å². The lowest BCUT2D eigenvalue weighted by Crippen LogP contribution is -2.40. The van der Waals surface area contributed by atoms with Crippen molar-refractivity contribution >= 4 is 21.5 Å². The van der Waals surface area contributed by atoms with Gasteiger partial charge in [0.05, 0.1) is 18.6 Å². The minimum Gasteiger partial charge on any atom is -0.497 e. The van der Waals surface area contributed by atoms with Crippen LogP contribution in [0.25, 0.3) is 5.57 Å². The van der Waals surface area contributed by atoms with Crippen LogP contribution in [0.15, 0.2) is 102 Å². The topological polar surface area (TPSA) is 63.7 Å². The molecular weight excluding hydrogens is 446 g/mol. The fraction of sp³-hybridized carbons (Fsp3) is 0.179. The fourth-order valence-electron chi connectivity index (χ4n) is 4.42. The molecule has 0 saturated carbocycles. The van der Waals surface area contributed by atoms with Crippen molar-refractivity contribution in [1.82, 2.24) is 4.31 Å². The van der Waals surface area contributed by atoms with E-state index in [9.17, 15) is 13.2 Å². The Hall–Kier alpha value is -3.64. The van der Waals surface area contributed by atoms with Crippen molar-refractivity contribution in [3.8, 4) is 5.75 Å². The molecule has 3 aromatic carbocycles. The molecule has 0 heterocycles. The lowest BCUT2D eigenvalue weighted by atomic mass is 9.81. The number of methoxy groups -OCH3 is 1. The van der Waals surface area contributed by atoms with Gasteiger partial charge in [-0.3, -0.25) is 4.79 Å². The molecule has 0 aromatic heterocycles. The summed E-state index contributed by atoms with van der Waals surface area (Å²) in [7, 11) is -2.55. The number of allylic oxidation sites excluding steroid dienone is 1. The number of rotatable bonds is 8. The summed E-state index contributed by atoms with van der Waals surface area (Å²) in [6, 6.07) is 24.0. The predicted molar refractivity (Wildman–Crippen MR) is 134 cm³/mol. The van der Waals surface area contributed by atoms with Gasteiger partial charge in [-0.25, -0.2) is 12.7 Å². The van der Waals surface area contributed by atoms with E-state index in [1.54, 1.807) is 12.1 Å². The molecular formula is C28H27NO4S. The number of nitrogens with zero attached hydrogens (tertiary/aromatic N) is 1. The highest BCUT2D eigenvalue weighted by molar-refractivity contribution is 7.89. The monoisotopic (exact) mass is 473 g/mol. The number of amides is 1. The standard InChI is InChI=1S/C28H27NO4S/c1-4-18-29(34(31,32)23-16-14-22(33-3)15-17-23)27(30)20-28(2)19-25(21-10-6-5-7-11-21)24-12-8-9-13-26(24)28/h4-17,19H,1,18,20H2,2-3H3. The zero-order chi connectivity index (χ0) is 24.3. The lowest BCUT2D eigenvalue weighted by molar-refractivity contribution is -0.127. The maximum Gasteiger partial charge on any atom is 0.266 e. The van der Waals surface area contributed by atoms with E-state index < -0.39 is 21.3 Å². The Kier molecular flexibility index (Phi) is 6.44. The first-order valence-corrected chi connectivity index (χ1v) is 12.4. The molecule has 1 aliphatic rings. The summed E-state index contributed by atoms with van der Waals surface area (Å²) in [5.74, 6) is 0.0489. The minimum absolute atomic E-state index is 0.00354. The van der Waals surface area contributed by atoms with Gasteiger partial charge in [-0.05, 0) is 46.5 Å². The number of fused-ring (bicyclic) bond motifs is 1. The maximum atomic E-state index is 13.5. The first-order chi connectivity index (χ1) is 16.3. The van der Waals surface area contributed by atoms with Gasteiger partial charge in [-0.1, -0.05) is 73.7 Å².